The standard InChI is InChI=1S/C8H8NO8S4/c1-18(10,11)5-3-6(19(2,12)13)8-7(4-5)20(14,15)9-21(8,16)17/h3-4H,1-2H3/q-1. The van der Waals surface area contributed by atoms with E-state index >= 15 is 0 Å². The first-order chi connectivity index (χ1) is 9.16. The Hall–Kier alpha value is -1.02. The van der Waals surface area contributed by atoms with E-state index in [1.807, 2.05) is 0 Å². The van der Waals surface area contributed by atoms with Gasteiger partial charge in [0.2, 0.25) is 0 Å². The molecule has 9 nitrogen and oxygen atoms in total. The summed E-state index contributed by atoms with van der Waals surface area (Å²) in [6.07, 6.45) is 1.36. The van der Waals surface area contributed by atoms with Crippen LogP contribution in [-0.4, -0.2) is 46.2 Å². The Morgan fingerprint density at radius 1 is 0.857 bits per heavy atom. The SMILES string of the molecule is CS(=O)(=O)c1cc(S(C)(=O)=O)c2c(c1)S(=O)(=O)[N-]S2(=O)=O. The van der Waals surface area contributed by atoms with E-state index in [4.69, 9.17) is 0 Å². The molecule has 1 heterocycles. The van der Waals surface area contributed by atoms with Crippen LogP contribution in [0.1, 0.15) is 0 Å². The zero-order valence-corrected chi connectivity index (χ0v) is 13.8. The molecule has 0 aliphatic carbocycles. The van der Waals surface area contributed by atoms with Crippen LogP contribution in [0.4, 0.5) is 0 Å². The lowest BCUT2D eigenvalue weighted by atomic mass is 10.3. The molecule has 1 aliphatic rings. The molecule has 1 aromatic carbocycles. The number of sulfone groups is 2. The van der Waals surface area contributed by atoms with E-state index in [0.717, 1.165) is 6.26 Å². The van der Waals surface area contributed by atoms with Gasteiger partial charge in [-0.1, -0.05) is 0 Å². The van der Waals surface area contributed by atoms with Crippen LogP contribution in [0.5, 0.6) is 0 Å². The van der Waals surface area contributed by atoms with Crippen LogP contribution >= 0.6 is 0 Å². The summed E-state index contributed by atoms with van der Waals surface area (Å²) in [5, 5.41) is 0. The summed E-state index contributed by atoms with van der Waals surface area (Å²) in [7, 11) is -17.6. The third-order valence-electron chi connectivity index (χ3n) is 2.55. The molecule has 0 saturated carbocycles. The number of nitrogens with zero attached hydrogens (tertiary/aromatic N) is 1. The first-order valence-corrected chi connectivity index (χ1v) is 11.6. The van der Waals surface area contributed by atoms with Gasteiger partial charge in [-0.3, -0.25) is 0 Å². The van der Waals surface area contributed by atoms with Crippen molar-refractivity contribution in [1.82, 2.24) is 0 Å². The van der Waals surface area contributed by atoms with Crippen molar-refractivity contribution in [2.24, 2.45) is 0 Å². The Kier molecular flexibility index (Phi) is 3.31. The van der Waals surface area contributed by atoms with Crippen LogP contribution < -0.4 is 0 Å². The summed E-state index contributed by atoms with van der Waals surface area (Å²) in [5.41, 5.74) is 0. The first-order valence-electron chi connectivity index (χ1n) is 4.99. The Labute approximate surface area is 121 Å². The highest BCUT2D eigenvalue weighted by atomic mass is 32.3. The second-order valence-corrected chi connectivity index (χ2v) is 11.7. The summed E-state index contributed by atoms with van der Waals surface area (Å²) in [4.78, 5) is -3.51. The van der Waals surface area contributed by atoms with Crippen LogP contribution in [-0.2, 0) is 39.7 Å². The molecule has 0 aromatic heterocycles. The van der Waals surface area contributed by atoms with Gasteiger partial charge in [-0.25, -0.2) is 33.7 Å². The molecular weight excluding hydrogens is 366 g/mol. The number of fused-ring (bicyclic) bond motifs is 1. The highest BCUT2D eigenvalue weighted by molar-refractivity contribution is 8.15. The van der Waals surface area contributed by atoms with Gasteiger partial charge >= 0.3 is 0 Å². The average molecular weight is 374 g/mol. The van der Waals surface area contributed by atoms with Crippen LogP contribution in [0, 0.1) is 0 Å². The van der Waals surface area contributed by atoms with Crippen LogP contribution in [0.2, 0.25) is 0 Å². The summed E-state index contributed by atoms with van der Waals surface area (Å²) >= 11 is 0. The van der Waals surface area contributed by atoms with E-state index in [9.17, 15) is 33.7 Å². The lowest BCUT2D eigenvalue weighted by Gasteiger charge is -2.09. The molecular formula is C8H8NO8S4-. The van der Waals surface area contributed by atoms with Crippen molar-refractivity contribution in [2.75, 3.05) is 12.5 Å². The minimum atomic E-state index is -4.73. The molecule has 0 amide bonds. The van der Waals surface area contributed by atoms with Gasteiger partial charge in [0.15, 0.2) is 19.7 Å². The Morgan fingerprint density at radius 3 is 1.81 bits per heavy atom. The van der Waals surface area contributed by atoms with E-state index < -0.39 is 59.3 Å². The molecule has 0 bridgehead atoms. The topological polar surface area (TPSA) is 151 Å². The second kappa shape index (κ2) is 4.25. The zero-order chi connectivity index (χ0) is 16.4. The van der Waals surface area contributed by atoms with Gasteiger partial charge in [-0.15, -0.1) is 0 Å². The minimum Gasteiger partial charge on any atom is -0.427 e. The van der Waals surface area contributed by atoms with Gasteiger partial charge in [0, 0.05) is 12.5 Å². The Morgan fingerprint density at radius 2 is 1.38 bits per heavy atom. The predicted octanol–water partition coefficient (Wildman–Crippen LogP) is -0.742. The summed E-state index contributed by atoms with van der Waals surface area (Å²) < 4.78 is 95.8. The zero-order valence-electron chi connectivity index (χ0n) is 10.5. The minimum absolute atomic E-state index is 0.586. The fraction of sp³-hybridized carbons (Fsp3) is 0.250. The van der Waals surface area contributed by atoms with E-state index in [0.29, 0.717) is 18.4 Å². The summed E-state index contributed by atoms with van der Waals surface area (Å²) in [5.74, 6) is 0. The number of hydrogen-bond donors (Lipinski definition) is 0. The maximum atomic E-state index is 11.7. The largest absolute Gasteiger partial charge is 0.427 e. The molecule has 0 N–H and O–H groups in total. The molecule has 1 aliphatic heterocycles. The molecule has 0 radical (unpaired) electrons. The normalized spacial score (nSPS) is 20.1. The van der Waals surface area contributed by atoms with E-state index in [2.05, 4.69) is 4.13 Å². The molecule has 0 fully saturated rings. The number of sulfonamides is 2. The van der Waals surface area contributed by atoms with Crippen molar-refractivity contribution in [3.05, 3.63) is 16.3 Å². The van der Waals surface area contributed by atoms with E-state index in [-0.39, 0.29) is 0 Å². The van der Waals surface area contributed by atoms with E-state index in [1.165, 1.54) is 0 Å². The van der Waals surface area contributed by atoms with Gasteiger partial charge in [-0.05, 0) is 12.1 Å². The smallest absolute Gasteiger partial charge is 0.176 e. The van der Waals surface area contributed by atoms with Crippen molar-refractivity contribution in [3.63, 3.8) is 0 Å². The fourth-order valence-corrected chi connectivity index (χ4v) is 7.66. The second-order valence-electron chi connectivity index (χ2n) is 4.32. The van der Waals surface area contributed by atoms with Gasteiger partial charge in [0.1, 0.15) is 20.0 Å². The van der Waals surface area contributed by atoms with Crippen molar-refractivity contribution in [3.8, 4) is 0 Å². The average Bonchev–Trinajstić information content (AvgIpc) is 2.41. The van der Waals surface area contributed by atoms with Crippen molar-refractivity contribution >= 4 is 39.7 Å². The molecule has 0 saturated heterocycles. The maximum absolute atomic E-state index is 11.7. The molecule has 0 unspecified atom stereocenters. The van der Waals surface area contributed by atoms with Crippen molar-refractivity contribution < 1.29 is 33.7 Å². The van der Waals surface area contributed by atoms with Gasteiger partial charge in [-0.2, -0.15) is 0 Å². The Balaban J connectivity index is 3.16. The molecule has 118 valence electrons. The van der Waals surface area contributed by atoms with Gasteiger partial charge in [0.25, 0.3) is 0 Å². The van der Waals surface area contributed by atoms with Crippen molar-refractivity contribution in [1.29, 1.82) is 0 Å². The maximum Gasteiger partial charge on any atom is 0.176 e. The first kappa shape index (κ1) is 16.4. The monoisotopic (exact) mass is 374 g/mol. The molecule has 21 heavy (non-hydrogen) atoms. The summed E-state index contributed by atoms with van der Waals surface area (Å²) in [6.45, 7) is 0. The van der Waals surface area contributed by atoms with Crippen LogP contribution in [0.3, 0.4) is 0 Å². The van der Waals surface area contributed by atoms with Crippen LogP contribution in [0.25, 0.3) is 4.13 Å². The molecule has 13 heteroatoms. The summed E-state index contributed by atoms with van der Waals surface area (Å²) in [6, 6.07) is 1.19. The molecule has 0 atom stereocenters. The molecule has 2 rings (SSSR count). The third kappa shape index (κ3) is 2.70. The van der Waals surface area contributed by atoms with Gasteiger partial charge < -0.3 is 4.13 Å². The molecule has 1 aromatic rings. The third-order valence-corrected chi connectivity index (χ3v) is 8.43. The quantitative estimate of drug-likeness (QED) is 0.656. The fourth-order valence-electron chi connectivity index (χ4n) is 1.69. The van der Waals surface area contributed by atoms with Crippen molar-refractivity contribution in [2.45, 2.75) is 19.6 Å². The lowest BCUT2D eigenvalue weighted by molar-refractivity contribution is 0.585. The lowest BCUT2D eigenvalue weighted by Crippen LogP contribution is -2.08. The predicted molar refractivity (Wildman–Crippen MR) is 70.4 cm³/mol. The highest BCUT2D eigenvalue weighted by Crippen LogP contribution is 2.43. The molecule has 0 spiro atoms. The highest BCUT2D eigenvalue weighted by Gasteiger charge is 2.35. The number of hydrogen-bond acceptors (Lipinski definition) is 8. The van der Waals surface area contributed by atoms with Crippen LogP contribution in [0.15, 0.2) is 31.7 Å². The Bertz CT molecular complexity index is 1060. The number of rotatable bonds is 2. The van der Waals surface area contributed by atoms with E-state index in [1.54, 1.807) is 0 Å². The van der Waals surface area contributed by atoms with Gasteiger partial charge in [0.05, 0.1) is 19.6 Å². The number of benzene rings is 1.